The van der Waals surface area contributed by atoms with Gasteiger partial charge >= 0.3 is 0 Å². The van der Waals surface area contributed by atoms with Crippen LogP contribution in [0.4, 0.5) is 0 Å². The smallest absolute Gasteiger partial charge is 0.265 e. The molecule has 0 radical (unpaired) electrons. The first-order chi connectivity index (χ1) is 10.5. The first-order valence-electron chi connectivity index (χ1n) is 7.03. The Morgan fingerprint density at radius 3 is 2.30 bits per heavy atom. The summed E-state index contributed by atoms with van der Waals surface area (Å²) in [5.74, 6) is -1.97. The molecule has 6 nitrogen and oxygen atoms in total. The molecule has 0 bridgehead atoms. The van der Waals surface area contributed by atoms with Gasteiger partial charge in [0.15, 0.2) is 11.5 Å². The van der Waals surface area contributed by atoms with E-state index in [4.69, 9.17) is 32.7 Å². The summed E-state index contributed by atoms with van der Waals surface area (Å²) >= 11 is 12.1. The monoisotopic (exact) mass is 365 g/mol. The molecule has 0 fully saturated rings. The van der Waals surface area contributed by atoms with E-state index in [0.29, 0.717) is 6.42 Å². The van der Waals surface area contributed by atoms with Crippen LogP contribution in [0.1, 0.15) is 37.6 Å². The van der Waals surface area contributed by atoms with Crippen molar-refractivity contribution < 1.29 is 19.4 Å². The van der Waals surface area contributed by atoms with E-state index in [9.17, 15) is 14.7 Å². The molecular formula is C15H21Cl2NO5. The minimum atomic E-state index is -0.999. The van der Waals surface area contributed by atoms with Crippen molar-refractivity contribution in [3.8, 4) is 17.4 Å². The number of hydrogen-bond acceptors (Lipinski definition) is 5. The Balaban J connectivity index is 3.21. The van der Waals surface area contributed by atoms with Crippen molar-refractivity contribution >= 4 is 29.0 Å². The summed E-state index contributed by atoms with van der Waals surface area (Å²) in [6, 6.07) is 0. The number of halogens is 2. The summed E-state index contributed by atoms with van der Waals surface area (Å²) < 4.78 is 8.90. The number of H-pyrrole nitrogens is 1. The number of carbonyl (C=O) groups excluding carboxylic acids is 1. The maximum atomic E-state index is 12.6. The minimum Gasteiger partial charge on any atom is -0.503 e. The maximum absolute atomic E-state index is 12.6. The number of hydrogen-bond donors (Lipinski definition) is 2. The number of aromatic amines is 1. The Labute approximate surface area is 144 Å². The van der Waals surface area contributed by atoms with Gasteiger partial charge in [0.1, 0.15) is 9.90 Å². The molecule has 0 aliphatic carbocycles. The fourth-order valence-electron chi connectivity index (χ4n) is 2.20. The summed E-state index contributed by atoms with van der Waals surface area (Å²) in [7, 11) is 2.60. The summed E-state index contributed by atoms with van der Waals surface area (Å²) in [6.45, 7) is 5.09. The van der Waals surface area contributed by atoms with E-state index in [1.807, 2.05) is 6.92 Å². The number of carbonyl (C=O) groups is 1. The third kappa shape index (κ3) is 4.32. The van der Waals surface area contributed by atoms with Crippen LogP contribution < -0.4 is 15.0 Å². The normalized spacial score (nSPS) is 14.2. The van der Waals surface area contributed by atoms with Crippen LogP contribution in [-0.4, -0.2) is 34.4 Å². The zero-order valence-electron chi connectivity index (χ0n) is 13.7. The molecule has 1 heterocycles. The van der Waals surface area contributed by atoms with Gasteiger partial charge in [0, 0.05) is 5.92 Å². The van der Waals surface area contributed by atoms with E-state index in [0.717, 1.165) is 0 Å². The van der Waals surface area contributed by atoms with Crippen LogP contribution in [0.15, 0.2) is 4.79 Å². The van der Waals surface area contributed by atoms with E-state index in [-0.39, 0.29) is 23.1 Å². The van der Waals surface area contributed by atoms with Crippen LogP contribution in [0.2, 0.25) is 0 Å². The van der Waals surface area contributed by atoms with Gasteiger partial charge in [0.05, 0.1) is 14.2 Å². The van der Waals surface area contributed by atoms with Crippen LogP contribution in [0.25, 0.3) is 0 Å². The average Bonchev–Trinajstić information content (AvgIpc) is 2.45. The maximum Gasteiger partial charge on any atom is 0.265 e. The van der Waals surface area contributed by atoms with Gasteiger partial charge < -0.3 is 14.6 Å². The Morgan fingerprint density at radius 1 is 1.30 bits per heavy atom. The van der Waals surface area contributed by atoms with E-state index < -0.39 is 27.3 Å². The lowest BCUT2D eigenvalue weighted by Gasteiger charge is -2.24. The van der Waals surface area contributed by atoms with Gasteiger partial charge in [-0.05, 0) is 19.3 Å². The molecular weight excluding hydrogens is 345 g/mol. The first-order valence-corrected chi connectivity index (χ1v) is 7.79. The molecule has 23 heavy (non-hydrogen) atoms. The van der Waals surface area contributed by atoms with Gasteiger partial charge in [0.2, 0.25) is 11.6 Å². The highest BCUT2D eigenvalue weighted by atomic mass is 35.5. The van der Waals surface area contributed by atoms with Crippen LogP contribution >= 0.6 is 23.2 Å². The van der Waals surface area contributed by atoms with Crippen LogP contribution in [-0.2, 0) is 0 Å². The second-order valence-electron chi connectivity index (χ2n) is 5.60. The molecule has 130 valence electrons. The number of nitrogens with one attached hydrogen (secondary N) is 1. The van der Waals surface area contributed by atoms with Crippen molar-refractivity contribution in [1.29, 1.82) is 0 Å². The molecule has 0 unspecified atom stereocenters. The predicted molar refractivity (Wildman–Crippen MR) is 89.2 cm³/mol. The van der Waals surface area contributed by atoms with Gasteiger partial charge in [-0.2, -0.15) is 0 Å². The van der Waals surface area contributed by atoms with Gasteiger partial charge in [0.25, 0.3) is 5.56 Å². The number of aromatic hydroxyl groups is 1. The molecule has 8 heteroatoms. The quantitative estimate of drug-likeness (QED) is 0.572. The van der Waals surface area contributed by atoms with Crippen LogP contribution in [0.5, 0.6) is 17.4 Å². The number of methoxy groups -OCH3 is 2. The number of Topliss-reactive ketones (excluding diaryl/α,β-unsaturated/α-hetero) is 1. The first kappa shape index (κ1) is 19.6. The molecule has 0 amide bonds. The molecule has 2 N–H and O–H groups in total. The van der Waals surface area contributed by atoms with Crippen molar-refractivity contribution in [3.63, 3.8) is 0 Å². The number of ether oxygens (including phenoxy) is 2. The van der Waals surface area contributed by atoms with E-state index in [2.05, 4.69) is 4.98 Å². The lowest BCUT2D eigenvalue weighted by molar-refractivity contribution is 0.0907. The van der Waals surface area contributed by atoms with Gasteiger partial charge in [-0.1, -0.05) is 13.8 Å². The molecule has 1 aromatic rings. The SMILES string of the molecule is COc1[nH]c(=O)c(C(=O)[C@@H](C)C[C@H](C)C(C)(Cl)Cl)c(O)c1OC. The van der Waals surface area contributed by atoms with Crippen molar-refractivity contribution in [3.05, 3.63) is 15.9 Å². The van der Waals surface area contributed by atoms with E-state index in [1.54, 1.807) is 13.8 Å². The van der Waals surface area contributed by atoms with E-state index >= 15 is 0 Å². The van der Waals surface area contributed by atoms with Crippen molar-refractivity contribution in [2.24, 2.45) is 11.8 Å². The van der Waals surface area contributed by atoms with Gasteiger partial charge in [-0.15, -0.1) is 23.2 Å². The largest absolute Gasteiger partial charge is 0.503 e. The standard InChI is InChI=1S/C15H21Cl2NO5/c1-7(6-8(2)15(3,16)17)10(19)9-11(20)12(22-4)14(23-5)18-13(9)21/h7-8H,6H2,1-5H3,(H2,18,20,21)/t7-,8-/m0/s1. The molecule has 0 aliphatic heterocycles. The molecule has 0 saturated heterocycles. The van der Waals surface area contributed by atoms with Crippen molar-refractivity contribution in [1.82, 2.24) is 4.98 Å². The zero-order valence-corrected chi connectivity index (χ0v) is 15.2. The van der Waals surface area contributed by atoms with Crippen LogP contribution in [0.3, 0.4) is 0 Å². The number of rotatable bonds is 7. The molecule has 1 aromatic heterocycles. The summed E-state index contributed by atoms with van der Waals surface area (Å²) in [6.07, 6.45) is 0.357. The lowest BCUT2D eigenvalue weighted by Crippen LogP contribution is -2.27. The Bertz CT molecular complexity index is 636. The summed E-state index contributed by atoms with van der Waals surface area (Å²) in [5, 5.41) is 10.2. The number of aromatic nitrogens is 1. The van der Waals surface area contributed by atoms with Crippen LogP contribution in [0, 0.1) is 11.8 Å². The zero-order chi connectivity index (χ0) is 17.9. The minimum absolute atomic E-state index is 0.0540. The molecule has 0 aliphatic rings. The second-order valence-corrected chi connectivity index (χ2v) is 7.37. The summed E-state index contributed by atoms with van der Waals surface area (Å²) in [4.78, 5) is 27.0. The third-order valence-corrected chi connectivity index (χ3v) is 4.53. The molecule has 0 saturated carbocycles. The predicted octanol–water partition coefficient (Wildman–Crippen LogP) is 3.14. The van der Waals surface area contributed by atoms with Gasteiger partial charge in [-0.3, -0.25) is 14.6 Å². The lowest BCUT2D eigenvalue weighted by atomic mass is 9.89. The highest BCUT2D eigenvalue weighted by Crippen LogP contribution is 2.38. The number of ketones is 1. The van der Waals surface area contributed by atoms with E-state index in [1.165, 1.54) is 14.2 Å². The molecule has 2 atom stereocenters. The van der Waals surface area contributed by atoms with Gasteiger partial charge in [-0.25, -0.2) is 0 Å². The Kier molecular flexibility index (Phi) is 6.36. The molecule has 0 aromatic carbocycles. The average molecular weight is 366 g/mol. The molecule has 1 rings (SSSR count). The Morgan fingerprint density at radius 2 is 1.87 bits per heavy atom. The summed E-state index contributed by atoms with van der Waals surface area (Å²) in [5.41, 5.74) is -1.11. The highest BCUT2D eigenvalue weighted by Gasteiger charge is 2.32. The highest BCUT2D eigenvalue weighted by molar-refractivity contribution is 6.48. The Hall–Kier alpha value is -1.40. The molecule has 0 spiro atoms. The van der Waals surface area contributed by atoms with Crippen molar-refractivity contribution in [2.45, 2.75) is 31.5 Å². The van der Waals surface area contributed by atoms with Crippen molar-refractivity contribution in [2.75, 3.05) is 14.2 Å². The second kappa shape index (κ2) is 7.45. The number of alkyl halides is 2. The number of pyridine rings is 1. The fourth-order valence-corrected chi connectivity index (χ4v) is 2.38. The topological polar surface area (TPSA) is 88.6 Å². The third-order valence-electron chi connectivity index (χ3n) is 3.79. The fraction of sp³-hybridized carbons (Fsp3) is 0.600.